The monoisotopic (exact) mass is 336 g/mol. The molecule has 3 aromatic heterocycles. The van der Waals surface area contributed by atoms with Crippen molar-refractivity contribution in [3.8, 4) is 11.3 Å². The van der Waals surface area contributed by atoms with Gasteiger partial charge in [0.1, 0.15) is 5.52 Å². The second-order valence-electron chi connectivity index (χ2n) is 5.24. The summed E-state index contributed by atoms with van der Waals surface area (Å²) >= 11 is 5.94. The SMILES string of the molecule is Clc1nc(NCc2ccc(-c3ccccn3)cc2)c2occc2n1. The van der Waals surface area contributed by atoms with Crippen molar-refractivity contribution in [2.75, 3.05) is 5.32 Å². The average molecular weight is 337 g/mol. The van der Waals surface area contributed by atoms with Crippen molar-refractivity contribution in [3.05, 3.63) is 71.8 Å². The number of nitrogens with one attached hydrogen (secondary N) is 1. The number of aromatic nitrogens is 3. The number of pyridine rings is 1. The fraction of sp³-hybridized carbons (Fsp3) is 0.0556. The number of rotatable bonds is 4. The Morgan fingerprint density at radius 2 is 1.88 bits per heavy atom. The maximum absolute atomic E-state index is 5.94. The van der Waals surface area contributed by atoms with Gasteiger partial charge >= 0.3 is 0 Å². The first-order valence-electron chi connectivity index (χ1n) is 7.44. The number of halogens is 1. The van der Waals surface area contributed by atoms with Crippen molar-refractivity contribution in [3.63, 3.8) is 0 Å². The molecule has 0 aliphatic heterocycles. The van der Waals surface area contributed by atoms with E-state index in [1.165, 1.54) is 0 Å². The molecule has 1 aromatic carbocycles. The van der Waals surface area contributed by atoms with Gasteiger partial charge in [-0.05, 0) is 29.3 Å². The van der Waals surface area contributed by atoms with Crippen LogP contribution in [0.1, 0.15) is 5.56 Å². The Morgan fingerprint density at radius 1 is 1.00 bits per heavy atom. The van der Waals surface area contributed by atoms with Crippen molar-refractivity contribution in [1.82, 2.24) is 15.0 Å². The molecule has 24 heavy (non-hydrogen) atoms. The highest BCUT2D eigenvalue weighted by atomic mass is 35.5. The molecule has 1 N–H and O–H groups in total. The van der Waals surface area contributed by atoms with Crippen LogP contribution in [0.15, 0.2) is 65.4 Å². The Kier molecular flexibility index (Phi) is 3.84. The van der Waals surface area contributed by atoms with Crippen molar-refractivity contribution in [2.24, 2.45) is 0 Å². The fourth-order valence-electron chi connectivity index (χ4n) is 2.47. The highest BCUT2D eigenvalue weighted by molar-refractivity contribution is 6.28. The predicted molar refractivity (Wildman–Crippen MR) is 93.8 cm³/mol. The molecule has 0 atom stereocenters. The maximum atomic E-state index is 5.94. The molecule has 4 rings (SSSR count). The predicted octanol–water partition coefficient (Wildman–Crippen LogP) is 4.55. The number of anilines is 1. The molecule has 0 saturated heterocycles. The van der Waals surface area contributed by atoms with E-state index < -0.39 is 0 Å². The van der Waals surface area contributed by atoms with Gasteiger partial charge in [0.2, 0.25) is 5.28 Å². The van der Waals surface area contributed by atoms with Gasteiger partial charge in [-0.3, -0.25) is 4.98 Å². The van der Waals surface area contributed by atoms with Crippen LogP contribution in [0.25, 0.3) is 22.4 Å². The third-order valence-electron chi connectivity index (χ3n) is 3.65. The van der Waals surface area contributed by atoms with Crippen molar-refractivity contribution < 1.29 is 4.42 Å². The molecule has 0 fully saturated rings. The summed E-state index contributed by atoms with van der Waals surface area (Å²) in [5, 5.41) is 3.44. The molecular weight excluding hydrogens is 324 g/mol. The minimum atomic E-state index is 0.192. The molecule has 0 radical (unpaired) electrons. The fourth-order valence-corrected chi connectivity index (χ4v) is 2.64. The largest absolute Gasteiger partial charge is 0.459 e. The summed E-state index contributed by atoms with van der Waals surface area (Å²) in [4.78, 5) is 12.7. The van der Waals surface area contributed by atoms with Crippen LogP contribution in [0.4, 0.5) is 5.82 Å². The van der Waals surface area contributed by atoms with Crippen LogP contribution >= 0.6 is 11.6 Å². The summed E-state index contributed by atoms with van der Waals surface area (Å²) in [5.41, 5.74) is 4.44. The molecular formula is C18H13ClN4O. The van der Waals surface area contributed by atoms with E-state index in [1.807, 2.05) is 18.2 Å². The quantitative estimate of drug-likeness (QED) is 0.554. The van der Waals surface area contributed by atoms with Gasteiger partial charge in [-0.15, -0.1) is 0 Å². The van der Waals surface area contributed by atoms with Gasteiger partial charge in [0.05, 0.1) is 12.0 Å². The van der Waals surface area contributed by atoms with Crippen molar-refractivity contribution in [1.29, 1.82) is 0 Å². The number of benzene rings is 1. The molecule has 0 unspecified atom stereocenters. The first kappa shape index (κ1) is 14.7. The van der Waals surface area contributed by atoms with Gasteiger partial charge in [-0.1, -0.05) is 30.3 Å². The van der Waals surface area contributed by atoms with E-state index in [0.717, 1.165) is 16.8 Å². The molecule has 6 heteroatoms. The van der Waals surface area contributed by atoms with Crippen LogP contribution in [0, 0.1) is 0 Å². The Balaban J connectivity index is 1.52. The second kappa shape index (κ2) is 6.29. The van der Waals surface area contributed by atoms with Crippen LogP contribution in [0.3, 0.4) is 0 Å². The van der Waals surface area contributed by atoms with Crippen LogP contribution in [-0.4, -0.2) is 15.0 Å². The minimum Gasteiger partial charge on any atom is -0.459 e. The van der Waals surface area contributed by atoms with Crippen LogP contribution in [-0.2, 0) is 6.54 Å². The summed E-state index contributed by atoms with van der Waals surface area (Å²) in [6.07, 6.45) is 3.36. The lowest BCUT2D eigenvalue weighted by atomic mass is 10.1. The van der Waals surface area contributed by atoms with E-state index in [-0.39, 0.29) is 5.28 Å². The number of hydrogen-bond acceptors (Lipinski definition) is 5. The molecule has 0 aliphatic carbocycles. The van der Waals surface area contributed by atoms with Gasteiger partial charge in [0.15, 0.2) is 11.4 Å². The molecule has 0 saturated carbocycles. The topological polar surface area (TPSA) is 63.8 Å². The lowest BCUT2D eigenvalue weighted by Gasteiger charge is -2.07. The molecule has 5 nitrogen and oxygen atoms in total. The highest BCUT2D eigenvalue weighted by Crippen LogP contribution is 2.24. The van der Waals surface area contributed by atoms with Crippen LogP contribution < -0.4 is 5.32 Å². The van der Waals surface area contributed by atoms with Gasteiger partial charge in [0, 0.05) is 24.4 Å². The Labute approximate surface area is 143 Å². The summed E-state index contributed by atoms with van der Waals surface area (Å²) < 4.78 is 5.41. The smallest absolute Gasteiger partial charge is 0.225 e. The van der Waals surface area contributed by atoms with Crippen molar-refractivity contribution >= 4 is 28.5 Å². The Bertz CT molecular complexity index is 967. The molecule has 0 amide bonds. The normalized spacial score (nSPS) is 10.9. The zero-order chi connectivity index (χ0) is 16.4. The number of hydrogen-bond donors (Lipinski definition) is 1. The average Bonchev–Trinajstić information content (AvgIpc) is 3.09. The van der Waals surface area contributed by atoms with Gasteiger partial charge < -0.3 is 9.73 Å². The third kappa shape index (κ3) is 2.94. The first-order chi connectivity index (χ1) is 11.8. The number of fused-ring (bicyclic) bond motifs is 1. The van der Waals surface area contributed by atoms with Crippen LogP contribution in [0.5, 0.6) is 0 Å². The van der Waals surface area contributed by atoms with E-state index in [4.69, 9.17) is 16.0 Å². The third-order valence-corrected chi connectivity index (χ3v) is 3.82. The molecule has 3 heterocycles. The van der Waals surface area contributed by atoms with E-state index >= 15 is 0 Å². The van der Waals surface area contributed by atoms with Gasteiger partial charge in [0.25, 0.3) is 0 Å². The van der Waals surface area contributed by atoms with E-state index in [9.17, 15) is 0 Å². The number of furan rings is 1. The Hall–Kier alpha value is -2.92. The zero-order valence-electron chi connectivity index (χ0n) is 12.6. The van der Waals surface area contributed by atoms with E-state index in [0.29, 0.717) is 23.5 Å². The molecule has 0 bridgehead atoms. The first-order valence-corrected chi connectivity index (χ1v) is 7.82. The zero-order valence-corrected chi connectivity index (χ0v) is 13.4. The highest BCUT2D eigenvalue weighted by Gasteiger charge is 2.09. The minimum absolute atomic E-state index is 0.192. The number of nitrogens with zero attached hydrogens (tertiary/aromatic N) is 3. The molecule has 0 aliphatic rings. The summed E-state index contributed by atoms with van der Waals surface area (Å²) in [6.45, 7) is 0.603. The van der Waals surface area contributed by atoms with Crippen molar-refractivity contribution in [2.45, 2.75) is 6.54 Å². The van der Waals surface area contributed by atoms with Gasteiger partial charge in [-0.25, -0.2) is 4.98 Å². The summed E-state index contributed by atoms with van der Waals surface area (Å²) in [5.74, 6) is 0.587. The van der Waals surface area contributed by atoms with Gasteiger partial charge in [-0.2, -0.15) is 4.98 Å². The van der Waals surface area contributed by atoms with E-state index in [2.05, 4.69) is 44.5 Å². The standard InChI is InChI=1S/C18H13ClN4O/c19-18-22-15-8-10-24-16(15)17(23-18)21-11-12-4-6-13(7-5-12)14-3-1-2-9-20-14/h1-10H,11H2,(H,21,22,23). The Morgan fingerprint density at radius 3 is 2.67 bits per heavy atom. The van der Waals surface area contributed by atoms with Crippen LogP contribution in [0.2, 0.25) is 5.28 Å². The summed E-state index contributed by atoms with van der Waals surface area (Å²) in [7, 11) is 0. The summed E-state index contributed by atoms with van der Waals surface area (Å²) in [6, 6.07) is 15.8. The molecule has 118 valence electrons. The lowest BCUT2D eigenvalue weighted by molar-refractivity contribution is 0.614. The second-order valence-corrected chi connectivity index (χ2v) is 5.58. The van der Waals surface area contributed by atoms with E-state index in [1.54, 1.807) is 18.5 Å². The maximum Gasteiger partial charge on any atom is 0.225 e. The lowest BCUT2D eigenvalue weighted by Crippen LogP contribution is -2.02. The molecule has 0 spiro atoms. The molecule has 4 aromatic rings.